The van der Waals surface area contributed by atoms with Crippen LogP contribution < -0.4 is 0 Å². The predicted molar refractivity (Wildman–Crippen MR) is 195 cm³/mol. The Morgan fingerprint density at radius 1 is 0.620 bits per heavy atom. The van der Waals surface area contributed by atoms with Crippen LogP contribution in [-0.2, 0) is 27.2 Å². The molecule has 0 saturated heterocycles. The fraction of sp³-hybridized carbons (Fsp3) is 0.0233. The normalized spacial score (nSPS) is 10.7. The van der Waals surface area contributed by atoms with E-state index in [1.807, 2.05) is 121 Å². The van der Waals surface area contributed by atoms with Gasteiger partial charge in [-0.05, 0) is 12.1 Å². The van der Waals surface area contributed by atoms with Crippen molar-refractivity contribution in [1.82, 2.24) is 24.7 Å². The first kappa shape index (κ1) is 32.5. The Morgan fingerprint density at radius 2 is 1.26 bits per heavy atom. The van der Waals surface area contributed by atoms with Crippen LogP contribution >= 0.6 is 0 Å². The number of fused-ring (bicyclic) bond motifs is 2. The Bertz CT molecular complexity index is 2460. The molecule has 0 unspecified atom stereocenters. The van der Waals surface area contributed by atoms with E-state index in [2.05, 4.69) is 64.7 Å². The monoisotopic (exact) mass is 824 g/mol. The molecular formula is C43H29IrN5O-2. The Kier molecular flexibility index (Phi) is 9.52. The van der Waals surface area contributed by atoms with E-state index in [-0.39, 0.29) is 20.1 Å². The summed E-state index contributed by atoms with van der Waals surface area (Å²) in [6.45, 7) is 0. The molecule has 0 bridgehead atoms. The molecule has 50 heavy (non-hydrogen) atoms. The molecule has 243 valence electrons. The van der Waals surface area contributed by atoms with Crippen molar-refractivity contribution in [2.75, 3.05) is 0 Å². The molecule has 0 spiro atoms. The summed E-state index contributed by atoms with van der Waals surface area (Å²) in [5.74, 6) is 1.54. The van der Waals surface area contributed by atoms with Crippen molar-refractivity contribution >= 4 is 21.7 Å². The molecule has 3 heterocycles. The zero-order chi connectivity index (χ0) is 33.0. The minimum absolute atomic E-state index is 0. The Balaban J connectivity index is 0.000000169. The number of nitrogens with zero attached hydrogens (tertiary/aromatic N) is 5. The first-order valence-corrected chi connectivity index (χ1v) is 16.0. The van der Waals surface area contributed by atoms with E-state index in [9.17, 15) is 0 Å². The minimum Gasteiger partial charge on any atom is -0.373 e. The molecule has 0 N–H and O–H groups in total. The van der Waals surface area contributed by atoms with Crippen LogP contribution in [0.2, 0.25) is 0 Å². The molecule has 6 nitrogen and oxygen atoms in total. The Labute approximate surface area is 303 Å². The predicted octanol–water partition coefficient (Wildman–Crippen LogP) is 10.1. The number of benzene rings is 6. The maximum Gasteiger partial charge on any atom is 0.157 e. The summed E-state index contributed by atoms with van der Waals surface area (Å²) >= 11 is 0. The van der Waals surface area contributed by atoms with Gasteiger partial charge in [-0.2, -0.15) is 0 Å². The fourth-order valence-corrected chi connectivity index (χ4v) is 5.87. The maximum absolute atomic E-state index is 5.38. The number of aromatic nitrogens is 5. The maximum atomic E-state index is 5.38. The summed E-state index contributed by atoms with van der Waals surface area (Å²) in [6.07, 6.45) is 3.71. The van der Waals surface area contributed by atoms with Gasteiger partial charge in [0.25, 0.3) is 0 Å². The molecule has 0 atom stereocenters. The van der Waals surface area contributed by atoms with Gasteiger partial charge < -0.3 is 9.09 Å². The van der Waals surface area contributed by atoms with Gasteiger partial charge >= 0.3 is 0 Å². The van der Waals surface area contributed by atoms with E-state index in [1.165, 1.54) is 5.39 Å². The van der Waals surface area contributed by atoms with Crippen LogP contribution in [0.15, 0.2) is 163 Å². The summed E-state index contributed by atoms with van der Waals surface area (Å²) in [4.78, 5) is 14.2. The van der Waals surface area contributed by atoms with E-state index < -0.39 is 0 Å². The molecule has 6 aromatic carbocycles. The van der Waals surface area contributed by atoms with Gasteiger partial charge in [0.05, 0.1) is 17.2 Å². The summed E-state index contributed by atoms with van der Waals surface area (Å²) in [7, 11) is 1.98. The molecule has 0 aliphatic heterocycles. The van der Waals surface area contributed by atoms with E-state index >= 15 is 0 Å². The zero-order valence-corrected chi connectivity index (χ0v) is 29.4. The van der Waals surface area contributed by atoms with Crippen LogP contribution in [0.25, 0.3) is 78.3 Å². The van der Waals surface area contributed by atoms with Crippen LogP contribution in [0.4, 0.5) is 0 Å². The smallest absolute Gasteiger partial charge is 0.157 e. The molecule has 7 heteroatoms. The molecule has 9 rings (SSSR count). The average molecular weight is 824 g/mol. The second kappa shape index (κ2) is 14.6. The summed E-state index contributed by atoms with van der Waals surface area (Å²) in [5.41, 5.74) is 8.40. The molecule has 0 aliphatic rings. The number of hydrogen-bond acceptors (Lipinski definition) is 5. The first-order chi connectivity index (χ1) is 24.2. The molecular weight excluding hydrogens is 795 g/mol. The van der Waals surface area contributed by atoms with Crippen molar-refractivity contribution in [3.8, 4) is 56.5 Å². The van der Waals surface area contributed by atoms with E-state index in [4.69, 9.17) is 14.5 Å². The van der Waals surface area contributed by atoms with Crippen molar-refractivity contribution in [1.29, 1.82) is 0 Å². The molecule has 1 radical (unpaired) electrons. The molecule has 3 aromatic heterocycles. The van der Waals surface area contributed by atoms with Gasteiger partial charge in [-0.15, -0.1) is 64.1 Å². The zero-order valence-electron chi connectivity index (χ0n) is 27.0. The van der Waals surface area contributed by atoms with Crippen molar-refractivity contribution < 1.29 is 24.6 Å². The molecule has 9 aromatic rings. The Hall–Kier alpha value is -6.01. The van der Waals surface area contributed by atoms with E-state index in [0.717, 1.165) is 67.1 Å². The fourth-order valence-electron chi connectivity index (χ4n) is 5.87. The molecule has 0 fully saturated rings. The van der Waals surface area contributed by atoms with Gasteiger partial charge in [0.2, 0.25) is 0 Å². The average Bonchev–Trinajstić information content (AvgIpc) is 3.82. The van der Waals surface area contributed by atoms with Crippen molar-refractivity contribution in [2.45, 2.75) is 0 Å². The van der Waals surface area contributed by atoms with Gasteiger partial charge in [0.1, 0.15) is 5.82 Å². The molecule has 0 aliphatic carbocycles. The standard InChI is InChI=1S/C26H19N4.C17H10NO.Ir/c1-30-16-15-27-26(30)22-14-8-13-21(17-22)25-28-23(19-9-4-2-5-10-19)18-24(29-25)20-11-6-3-7-12-20;1-2-8-13-12(6-1)7-5-10-14(13)17-15-9-3-4-11-16(15)19-18-17;/h2-13,15-18H,1H3;1-9,11H;/q2*-1;. The van der Waals surface area contributed by atoms with Gasteiger partial charge in [0.15, 0.2) is 5.58 Å². The summed E-state index contributed by atoms with van der Waals surface area (Å²) in [6, 6.07) is 55.1. The third-order valence-electron chi connectivity index (χ3n) is 8.32. The third-order valence-corrected chi connectivity index (χ3v) is 8.32. The number of imidazole rings is 1. The summed E-state index contributed by atoms with van der Waals surface area (Å²) in [5, 5.41) is 7.56. The molecule has 0 saturated carbocycles. The van der Waals surface area contributed by atoms with Crippen molar-refractivity contribution in [3.63, 3.8) is 0 Å². The first-order valence-electron chi connectivity index (χ1n) is 16.0. The van der Waals surface area contributed by atoms with Gasteiger partial charge in [0, 0.05) is 61.8 Å². The quantitative estimate of drug-likeness (QED) is 0.162. The van der Waals surface area contributed by atoms with Crippen LogP contribution in [0.3, 0.4) is 0 Å². The summed E-state index contributed by atoms with van der Waals surface area (Å²) < 4.78 is 7.36. The minimum atomic E-state index is 0. The number of aryl methyl sites for hydroxylation is 1. The van der Waals surface area contributed by atoms with Crippen LogP contribution in [0.1, 0.15) is 0 Å². The van der Waals surface area contributed by atoms with E-state index in [1.54, 1.807) is 6.20 Å². The van der Waals surface area contributed by atoms with Crippen molar-refractivity contribution in [2.24, 2.45) is 7.05 Å². The number of para-hydroxylation sites is 1. The van der Waals surface area contributed by atoms with Crippen LogP contribution in [-0.4, -0.2) is 24.7 Å². The molecule has 0 amide bonds. The van der Waals surface area contributed by atoms with Gasteiger partial charge in [-0.1, -0.05) is 114 Å². The largest absolute Gasteiger partial charge is 0.373 e. The SMILES string of the molecule is Cn1ccnc1-c1[c-]ccc(-c2nc(-c3ccccc3)cc(-c3ccccc3)n2)c1.[Ir].[c-]1ccc2ccccc2c1-c1noc2ccccc12. The number of rotatable bonds is 5. The topological polar surface area (TPSA) is 69.6 Å². The Morgan fingerprint density at radius 3 is 1.96 bits per heavy atom. The van der Waals surface area contributed by atoms with Crippen molar-refractivity contribution in [3.05, 3.63) is 170 Å². The second-order valence-electron chi connectivity index (χ2n) is 11.5. The van der Waals surface area contributed by atoms with Crippen LogP contribution in [0, 0.1) is 12.1 Å². The second-order valence-corrected chi connectivity index (χ2v) is 11.5. The third kappa shape index (κ3) is 6.65. The van der Waals surface area contributed by atoms with Gasteiger partial charge in [-0.25, -0.2) is 9.97 Å². The van der Waals surface area contributed by atoms with Crippen LogP contribution in [0.5, 0.6) is 0 Å². The number of hydrogen-bond donors (Lipinski definition) is 0. The van der Waals surface area contributed by atoms with Gasteiger partial charge in [-0.3, -0.25) is 4.98 Å². The van der Waals surface area contributed by atoms with E-state index in [0.29, 0.717) is 5.82 Å².